The predicted molar refractivity (Wildman–Crippen MR) is 59.5 cm³/mol. The van der Waals surface area contributed by atoms with Crippen molar-refractivity contribution in [3.05, 3.63) is 17.3 Å². The van der Waals surface area contributed by atoms with Crippen LogP contribution in [0.15, 0.2) is 4.42 Å². The number of fused-ring (bicyclic) bond motifs is 1. The van der Waals surface area contributed by atoms with Crippen LogP contribution in [0, 0.1) is 5.92 Å². The van der Waals surface area contributed by atoms with Gasteiger partial charge in [-0.25, -0.2) is 4.98 Å². The van der Waals surface area contributed by atoms with Gasteiger partial charge in [0.1, 0.15) is 5.76 Å². The molecule has 0 bridgehead atoms. The van der Waals surface area contributed by atoms with Gasteiger partial charge in [0.15, 0.2) is 0 Å². The van der Waals surface area contributed by atoms with Gasteiger partial charge in [-0.3, -0.25) is 0 Å². The average molecular weight is 208 g/mol. The Labute approximate surface area is 91.1 Å². The van der Waals surface area contributed by atoms with Gasteiger partial charge >= 0.3 is 0 Å². The van der Waals surface area contributed by atoms with E-state index in [1.165, 1.54) is 12.8 Å². The van der Waals surface area contributed by atoms with Crippen molar-refractivity contribution in [2.24, 2.45) is 11.7 Å². The van der Waals surface area contributed by atoms with E-state index in [2.05, 4.69) is 18.8 Å². The van der Waals surface area contributed by atoms with Crippen LogP contribution in [-0.4, -0.2) is 4.98 Å². The van der Waals surface area contributed by atoms with E-state index in [1.54, 1.807) is 0 Å². The largest absolute Gasteiger partial charge is 0.444 e. The third-order valence-corrected chi connectivity index (χ3v) is 2.90. The summed E-state index contributed by atoms with van der Waals surface area (Å²) in [5.41, 5.74) is 7.20. The van der Waals surface area contributed by atoms with Crippen LogP contribution in [0.2, 0.25) is 0 Å². The predicted octanol–water partition coefficient (Wildman–Crippen LogP) is 2.60. The summed E-state index contributed by atoms with van der Waals surface area (Å²) in [6.45, 7) is 4.34. The Balaban J connectivity index is 2.11. The molecule has 2 N–H and O–H groups in total. The SMILES string of the molecule is CC(C)C[C@@H](N)c1nc2c(o1)CCCC2. The van der Waals surface area contributed by atoms with Gasteiger partial charge in [0.05, 0.1) is 11.7 Å². The number of aryl methyl sites for hydroxylation is 2. The summed E-state index contributed by atoms with van der Waals surface area (Å²) in [6, 6.07) is -0.0319. The Morgan fingerprint density at radius 3 is 2.73 bits per heavy atom. The van der Waals surface area contributed by atoms with E-state index in [9.17, 15) is 0 Å². The van der Waals surface area contributed by atoms with Crippen molar-refractivity contribution in [1.29, 1.82) is 0 Å². The van der Waals surface area contributed by atoms with Crippen LogP contribution in [0.1, 0.15) is 56.5 Å². The second-order valence-electron chi connectivity index (χ2n) is 4.87. The van der Waals surface area contributed by atoms with Crippen LogP contribution < -0.4 is 5.73 Å². The topological polar surface area (TPSA) is 52.0 Å². The van der Waals surface area contributed by atoms with Gasteiger partial charge in [0.25, 0.3) is 0 Å². The summed E-state index contributed by atoms with van der Waals surface area (Å²) in [5.74, 6) is 2.41. The smallest absolute Gasteiger partial charge is 0.211 e. The highest BCUT2D eigenvalue weighted by molar-refractivity contribution is 5.14. The lowest BCUT2D eigenvalue weighted by Gasteiger charge is -2.09. The number of aromatic nitrogens is 1. The Kier molecular flexibility index (Phi) is 3.10. The molecular formula is C12H20N2O. The van der Waals surface area contributed by atoms with Crippen molar-refractivity contribution in [1.82, 2.24) is 4.98 Å². The summed E-state index contributed by atoms with van der Waals surface area (Å²) >= 11 is 0. The molecule has 2 rings (SSSR count). The first kappa shape index (κ1) is 10.7. The maximum atomic E-state index is 6.05. The zero-order chi connectivity index (χ0) is 10.8. The molecule has 84 valence electrons. The van der Waals surface area contributed by atoms with Crippen LogP contribution in [0.3, 0.4) is 0 Å². The van der Waals surface area contributed by atoms with Gasteiger partial charge < -0.3 is 10.2 Å². The fraction of sp³-hybridized carbons (Fsp3) is 0.750. The Morgan fingerprint density at radius 1 is 1.33 bits per heavy atom. The normalized spacial score (nSPS) is 17.9. The molecule has 0 aliphatic heterocycles. The summed E-state index contributed by atoms with van der Waals surface area (Å²) in [5, 5.41) is 0. The Hall–Kier alpha value is -0.830. The molecule has 0 saturated heterocycles. The number of rotatable bonds is 3. The first-order chi connectivity index (χ1) is 7.16. The van der Waals surface area contributed by atoms with Gasteiger partial charge in [-0.1, -0.05) is 13.8 Å². The lowest BCUT2D eigenvalue weighted by Crippen LogP contribution is -2.13. The van der Waals surface area contributed by atoms with Gasteiger partial charge in [-0.2, -0.15) is 0 Å². The molecular weight excluding hydrogens is 188 g/mol. The number of nitrogens with two attached hydrogens (primary N) is 1. The van der Waals surface area contributed by atoms with Gasteiger partial charge in [-0.15, -0.1) is 0 Å². The van der Waals surface area contributed by atoms with E-state index < -0.39 is 0 Å². The van der Waals surface area contributed by atoms with Crippen LogP contribution >= 0.6 is 0 Å². The molecule has 0 fully saturated rings. The molecule has 1 aliphatic rings. The number of hydrogen-bond donors (Lipinski definition) is 1. The van der Waals surface area contributed by atoms with Crippen LogP contribution in [-0.2, 0) is 12.8 Å². The van der Waals surface area contributed by atoms with Crippen LogP contribution in [0.4, 0.5) is 0 Å². The highest BCUT2D eigenvalue weighted by Crippen LogP contribution is 2.26. The van der Waals surface area contributed by atoms with Gasteiger partial charge in [0.2, 0.25) is 5.89 Å². The molecule has 15 heavy (non-hydrogen) atoms. The van der Waals surface area contributed by atoms with E-state index in [1.807, 2.05) is 0 Å². The zero-order valence-corrected chi connectivity index (χ0v) is 9.62. The minimum atomic E-state index is -0.0319. The van der Waals surface area contributed by atoms with Crippen molar-refractivity contribution in [3.8, 4) is 0 Å². The zero-order valence-electron chi connectivity index (χ0n) is 9.62. The number of nitrogens with zero attached hydrogens (tertiary/aromatic N) is 1. The Bertz CT molecular complexity index is 307. The van der Waals surface area contributed by atoms with Crippen molar-refractivity contribution >= 4 is 0 Å². The minimum Gasteiger partial charge on any atom is -0.444 e. The highest BCUT2D eigenvalue weighted by atomic mass is 16.4. The molecule has 0 aromatic carbocycles. The van der Waals surface area contributed by atoms with Crippen molar-refractivity contribution in [3.63, 3.8) is 0 Å². The molecule has 3 heteroatoms. The summed E-state index contributed by atoms with van der Waals surface area (Å²) in [6.07, 6.45) is 5.50. The second kappa shape index (κ2) is 4.35. The van der Waals surface area contributed by atoms with Gasteiger partial charge in [0, 0.05) is 6.42 Å². The number of oxazole rings is 1. The van der Waals surface area contributed by atoms with Crippen molar-refractivity contribution < 1.29 is 4.42 Å². The minimum absolute atomic E-state index is 0.0319. The third-order valence-electron chi connectivity index (χ3n) is 2.90. The maximum Gasteiger partial charge on any atom is 0.211 e. The monoisotopic (exact) mass is 208 g/mol. The molecule has 1 heterocycles. The Morgan fingerprint density at radius 2 is 2.07 bits per heavy atom. The molecule has 0 saturated carbocycles. The lowest BCUT2D eigenvalue weighted by atomic mass is 10.0. The molecule has 0 amide bonds. The fourth-order valence-electron chi connectivity index (χ4n) is 2.14. The van der Waals surface area contributed by atoms with E-state index in [0.717, 1.165) is 36.6 Å². The molecule has 1 atom stereocenters. The molecule has 1 aromatic rings. The summed E-state index contributed by atoms with van der Waals surface area (Å²) in [7, 11) is 0. The molecule has 0 spiro atoms. The van der Waals surface area contributed by atoms with E-state index >= 15 is 0 Å². The molecule has 1 aliphatic carbocycles. The number of hydrogen-bond acceptors (Lipinski definition) is 3. The fourth-order valence-corrected chi connectivity index (χ4v) is 2.14. The van der Waals surface area contributed by atoms with Crippen molar-refractivity contribution in [2.45, 2.75) is 52.0 Å². The lowest BCUT2D eigenvalue weighted by molar-refractivity contribution is 0.380. The molecule has 0 radical (unpaired) electrons. The van der Waals surface area contributed by atoms with Crippen molar-refractivity contribution in [2.75, 3.05) is 0 Å². The van der Waals surface area contributed by atoms with Crippen LogP contribution in [0.5, 0.6) is 0 Å². The summed E-state index contributed by atoms with van der Waals surface area (Å²) in [4.78, 5) is 4.51. The molecule has 0 unspecified atom stereocenters. The maximum absolute atomic E-state index is 6.05. The quantitative estimate of drug-likeness (QED) is 0.830. The highest BCUT2D eigenvalue weighted by Gasteiger charge is 2.20. The van der Waals surface area contributed by atoms with E-state index in [0.29, 0.717) is 5.92 Å². The molecule has 3 nitrogen and oxygen atoms in total. The van der Waals surface area contributed by atoms with E-state index in [4.69, 9.17) is 10.2 Å². The first-order valence-corrected chi connectivity index (χ1v) is 5.91. The third kappa shape index (κ3) is 2.40. The van der Waals surface area contributed by atoms with Gasteiger partial charge in [-0.05, 0) is 31.6 Å². The first-order valence-electron chi connectivity index (χ1n) is 5.91. The second-order valence-corrected chi connectivity index (χ2v) is 4.87. The molecule has 1 aromatic heterocycles. The summed E-state index contributed by atoms with van der Waals surface area (Å²) < 4.78 is 5.73. The standard InChI is InChI=1S/C12H20N2O/c1-8(2)7-9(13)12-14-10-5-3-4-6-11(10)15-12/h8-9H,3-7,13H2,1-2H3/t9-/m1/s1. The van der Waals surface area contributed by atoms with E-state index in [-0.39, 0.29) is 6.04 Å². The average Bonchev–Trinajstić information content (AvgIpc) is 2.59. The van der Waals surface area contributed by atoms with Crippen LogP contribution in [0.25, 0.3) is 0 Å².